The van der Waals surface area contributed by atoms with Crippen LogP contribution in [0.2, 0.25) is 0 Å². The molecule has 0 radical (unpaired) electrons. The van der Waals surface area contributed by atoms with Crippen molar-refractivity contribution in [1.29, 1.82) is 0 Å². The van der Waals surface area contributed by atoms with Gasteiger partial charge in [0.15, 0.2) is 5.78 Å². The minimum absolute atomic E-state index is 0.0251. The topological polar surface area (TPSA) is 35.5 Å². The summed E-state index contributed by atoms with van der Waals surface area (Å²) in [5, 5.41) is 0. The molecule has 0 aliphatic carbocycles. The van der Waals surface area contributed by atoms with E-state index in [4.69, 9.17) is 9.47 Å². The van der Waals surface area contributed by atoms with Gasteiger partial charge in [-0.25, -0.2) is 4.39 Å². The maximum atomic E-state index is 13.2. The van der Waals surface area contributed by atoms with Crippen molar-refractivity contribution in [3.63, 3.8) is 0 Å². The summed E-state index contributed by atoms with van der Waals surface area (Å²) in [7, 11) is 0. The molecule has 2 unspecified atom stereocenters. The van der Waals surface area contributed by atoms with Crippen LogP contribution in [0.5, 0.6) is 5.75 Å². The summed E-state index contributed by atoms with van der Waals surface area (Å²) in [5.41, 5.74) is -0.0887. The number of hydrogen-bond acceptors (Lipinski definition) is 3. The fourth-order valence-electron chi connectivity index (χ4n) is 3.21. The van der Waals surface area contributed by atoms with Gasteiger partial charge in [-0.15, -0.1) is 0 Å². The molecule has 1 aromatic carbocycles. The minimum atomic E-state index is -0.458. The molecular formula is C16H19FO3. The summed E-state index contributed by atoms with van der Waals surface area (Å²) in [4.78, 5) is 12.3. The van der Waals surface area contributed by atoms with Crippen molar-refractivity contribution in [2.24, 2.45) is 0 Å². The Hall–Kier alpha value is -1.42. The lowest BCUT2D eigenvalue weighted by atomic mass is 9.81. The highest BCUT2D eigenvalue weighted by Gasteiger charge is 2.44. The Balaban J connectivity index is 1.86. The molecule has 1 aromatic rings. The maximum Gasteiger partial charge on any atom is 0.170 e. The molecule has 0 amide bonds. The molecule has 2 aliphatic rings. The quantitative estimate of drug-likeness (QED) is 0.830. The second kappa shape index (κ2) is 5.17. The number of rotatable bonds is 2. The summed E-state index contributed by atoms with van der Waals surface area (Å²) in [6, 6.07) is 4.18. The van der Waals surface area contributed by atoms with Crippen molar-refractivity contribution in [3.8, 4) is 5.75 Å². The molecule has 0 aromatic heterocycles. The van der Waals surface area contributed by atoms with Gasteiger partial charge in [0.25, 0.3) is 0 Å². The highest BCUT2D eigenvalue weighted by Crippen LogP contribution is 2.41. The van der Waals surface area contributed by atoms with Gasteiger partial charge in [0.1, 0.15) is 17.2 Å². The molecule has 20 heavy (non-hydrogen) atoms. The van der Waals surface area contributed by atoms with Crippen LogP contribution < -0.4 is 4.74 Å². The van der Waals surface area contributed by atoms with Crippen LogP contribution in [-0.2, 0) is 4.74 Å². The van der Waals surface area contributed by atoms with Gasteiger partial charge < -0.3 is 9.47 Å². The van der Waals surface area contributed by atoms with E-state index >= 15 is 0 Å². The van der Waals surface area contributed by atoms with Crippen molar-refractivity contribution in [1.82, 2.24) is 0 Å². The van der Waals surface area contributed by atoms with Crippen molar-refractivity contribution in [2.45, 2.75) is 50.7 Å². The average molecular weight is 278 g/mol. The van der Waals surface area contributed by atoms with Crippen LogP contribution in [0.15, 0.2) is 18.2 Å². The third-order valence-electron chi connectivity index (χ3n) is 4.17. The maximum absolute atomic E-state index is 13.2. The second-order valence-corrected chi connectivity index (χ2v) is 5.76. The zero-order chi connectivity index (χ0) is 14.2. The lowest BCUT2D eigenvalue weighted by molar-refractivity contribution is -0.0938. The van der Waals surface area contributed by atoms with Gasteiger partial charge in [-0.3, -0.25) is 4.79 Å². The Kier molecular flexibility index (Phi) is 3.50. The largest absolute Gasteiger partial charge is 0.486 e. The van der Waals surface area contributed by atoms with Crippen LogP contribution >= 0.6 is 0 Å². The number of fused-ring (bicyclic) bond motifs is 1. The standard InChI is InChI=1S/C16H19FO3/c1-2-3-12-9-16(6-7-19-12)10-14(18)13-8-11(17)4-5-15(13)20-16/h4-5,8,12H,2-3,6-7,9-10H2,1H3. The highest BCUT2D eigenvalue weighted by molar-refractivity contribution is 6.00. The van der Waals surface area contributed by atoms with Gasteiger partial charge in [0.05, 0.1) is 24.7 Å². The molecule has 0 N–H and O–H groups in total. The number of Topliss-reactive ketones (excluding diaryl/α,β-unsaturated/α-hetero) is 1. The SMILES string of the molecule is CCCC1CC2(CCO1)CC(=O)c1cc(F)ccc1O2. The fourth-order valence-corrected chi connectivity index (χ4v) is 3.21. The molecular weight excluding hydrogens is 259 g/mol. The van der Waals surface area contributed by atoms with Crippen molar-refractivity contribution < 1.29 is 18.7 Å². The number of hydrogen-bond donors (Lipinski definition) is 0. The molecule has 4 heteroatoms. The van der Waals surface area contributed by atoms with Gasteiger partial charge in [-0.2, -0.15) is 0 Å². The average Bonchev–Trinajstić information content (AvgIpc) is 2.40. The Labute approximate surface area is 118 Å². The molecule has 2 atom stereocenters. The molecule has 3 nitrogen and oxygen atoms in total. The summed E-state index contributed by atoms with van der Waals surface area (Å²) >= 11 is 0. The molecule has 3 rings (SSSR count). The second-order valence-electron chi connectivity index (χ2n) is 5.76. The Morgan fingerprint density at radius 3 is 3.10 bits per heavy atom. The van der Waals surface area contributed by atoms with Crippen molar-refractivity contribution in [2.75, 3.05) is 6.61 Å². The first-order chi connectivity index (χ1) is 9.62. The van der Waals surface area contributed by atoms with E-state index in [9.17, 15) is 9.18 Å². The van der Waals surface area contributed by atoms with Crippen molar-refractivity contribution in [3.05, 3.63) is 29.6 Å². The molecule has 2 heterocycles. The monoisotopic (exact) mass is 278 g/mol. The van der Waals surface area contributed by atoms with Gasteiger partial charge in [-0.1, -0.05) is 13.3 Å². The zero-order valence-electron chi connectivity index (χ0n) is 11.7. The van der Waals surface area contributed by atoms with E-state index in [0.717, 1.165) is 25.7 Å². The zero-order valence-corrected chi connectivity index (χ0v) is 11.7. The van der Waals surface area contributed by atoms with E-state index in [2.05, 4.69) is 6.92 Å². The lowest BCUT2D eigenvalue weighted by Gasteiger charge is -2.43. The molecule has 2 aliphatic heterocycles. The smallest absolute Gasteiger partial charge is 0.170 e. The Morgan fingerprint density at radius 1 is 1.45 bits per heavy atom. The number of benzene rings is 1. The first-order valence-corrected chi connectivity index (χ1v) is 7.25. The first kappa shape index (κ1) is 13.6. The van der Waals surface area contributed by atoms with Gasteiger partial charge in [0.2, 0.25) is 0 Å². The Morgan fingerprint density at radius 2 is 2.30 bits per heavy atom. The summed E-state index contributed by atoms with van der Waals surface area (Å²) in [5.74, 6) is 0.0928. The number of carbonyl (C=O) groups is 1. The molecule has 0 saturated carbocycles. The van der Waals surface area contributed by atoms with E-state index in [1.54, 1.807) is 6.07 Å². The Bertz CT molecular complexity index is 526. The summed E-state index contributed by atoms with van der Waals surface area (Å²) in [6.45, 7) is 2.74. The van der Waals surface area contributed by atoms with Crippen LogP contribution in [0.3, 0.4) is 0 Å². The van der Waals surface area contributed by atoms with Gasteiger partial charge in [0, 0.05) is 12.8 Å². The highest BCUT2D eigenvalue weighted by atomic mass is 19.1. The lowest BCUT2D eigenvalue weighted by Crippen LogP contribution is -2.49. The van der Waals surface area contributed by atoms with Crippen molar-refractivity contribution >= 4 is 5.78 Å². The van der Waals surface area contributed by atoms with E-state index < -0.39 is 11.4 Å². The summed E-state index contributed by atoms with van der Waals surface area (Å²) in [6.07, 6.45) is 3.97. The van der Waals surface area contributed by atoms with Gasteiger partial charge >= 0.3 is 0 Å². The van der Waals surface area contributed by atoms with E-state index in [-0.39, 0.29) is 11.9 Å². The van der Waals surface area contributed by atoms with Gasteiger partial charge in [-0.05, 0) is 24.6 Å². The predicted octanol–water partition coefficient (Wildman–Crippen LogP) is 3.51. The van der Waals surface area contributed by atoms with E-state index in [1.807, 2.05) is 0 Å². The third kappa shape index (κ3) is 2.44. The van der Waals surface area contributed by atoms with Crippen LogP contribution in [0.1, 0.15) is 49.4 Å². The molecule has 1 fully saturated rings. The number of halogens is 1. The molecule has 1 spiro atoms. The van der Waals surface area contributed by atoms with Crippen LogP contribution in [0, 0.1) is 5.82 Å². The summed E-state index contributed by atoms with van der Waals surface area (Å²) < 4.78 is 25.1. The molecule has 108 valence electrons. The molecule has 1 saturated heterocycles. The number of carbonyl (C=O) groups excluding carboxylic acids is 1. The fraction of sp³-hybridized carbons (Fsp3) is 0.562. The van der Waals surface area contributed by atoms with E-state index in [1.165, 1.54) is 12.1 Å². The normalized spacial score (nSPS) is 29.1. The minimum Gasteiger partial charge on any atom is -0.486 e. The number of ketones is 1. The van der Waals surface area contributed by atoms with Crippen LogP contribution in [-0.4, -0.2) is 24.1 Å². The predicted molar refractivity (Wildman–Crippen MR) is 72.6 cm³/mol. The molecule has 0 bridgehead atoms. The van der Waals surface area contributed by atoms with Crippen LogP contribution in [0.4, 0.5) is 4.39 Å². The first-order valence-electron chi connectivity index (χ1n) is 7.25. The number of ether oxygens (including phenoxy) is 2. The van der Waals surface area contributed by atoms with Crippen LogP contribution in [0.25, 0.3) is 0 Å². The third-order valence-corrected chi connectivity index (χ3v) is 4.17. The van der Waals surface area contributed by atoms with E-state index in [0.29, 0.717) is 24.3 Å².